The molecule has 1 aliphatic heterocycles. The molecule has 0 spiro atoms. The van der Waals surface area contributed by atoms with Crippen molar-refractivity contribution in [3.63, 3.8) is 0 Å². The fraction of sp³-hybridized carbons (Fsp3) is 0.556. The first-order chi connectivity index (χ1) is 13.2. The van der Waals surface area contributed by atoms with Gasteiger partial charge < -0.3 is 9.80 Å². The Bertz CT molecular complexity index is 890. The minimum atomic E-state index is -2.67. The second-order valence-electron chi connectivity index (χ2n) is 7.68. The summed E-state index contributed by atoms with van der Waals surface area (Å²) in [6.07, 6.45) is 0.477. The molecule has 152 valence electrons. The van der Waals surface area contributed by atoms with E-state index in [1.165, 1.54) is 6.20 Å². The summed E-state index contributed by atoms with van der Waals surface area (Å²) in [7, 11) is 0. The highest BCUT2D eigenvalue weighted by molar-refractivity contribution is 6.33. The molecule has 3 rings (SSSR count). The molecule has 2 aromatic heterocycles. The van der Waals surface area contributed by atoms with Gasteiger partial charge in [0.05, 0.1) is 11.9 Å². The zero-order chi connectivity index (χ0) is 20.5. The normalized spacial score (nSPS) is 15.4. The van der Waals surface area contributed by atoms with Crippen LogP contribution in [-0.4, -0.2) is 52.4 Å². The predicted molar refractivity (Wildman–Crippen MR) is 105 cm³/mol. The number of rotatable bonds is 4. The van der Waals surface area contributed by atoms with E-state index in [1.807, 2.05) is 11.0 Å². The summed E-state index contributed by atoms with van der Waals surface area (Å²) in [5.41, 5.74) is -0.374. The summed E-state index contributed by atoms with van der Waals surface area (Å²) in [5.74, 6) is 1.64. The highest BCUT2D eigenvalue weighted by Gasteiger charge is 2.24. The van der Waals surface area contributed by atoms with E-state index in [0.717, 1.165) is 11.6 Å². The van der Waals surface area contributed by atoms with Gasteiger partial charge in [-0.05, 0) is 6.07 Å². The maximum Gasteiger partial charge on any atom is 0.287 e. The summed E-state index contributed by atoms with van der Waals surface area (Å²) in [6, 6.07) is 1.88. The van der Waals surface area contributed by atoms with Crippen molar-refractivity contribution < 1.29 is 8.78 Å². The summed E-state index contributed by atoms with van der Waals surface area (Å²) in [4.78, 5) is 25.3. The quantitative estimate of drug-likeness (QED) is 0.769. The molecule has 2 aromatic rings. The Morgan fingerprint density at radius 3 is 2.43 bits per heavy atom. The molecule has 7 nitrogen and oxygen atoms in total. The molecule has 10 heteroatoms. The third-order valence-corrected chi connectivity index (χ3v) is 4.89. The van der Waals surface area contributed by atoms with Gasteiger partial charge in [-0.3, -0.25) is 4.79 Å². The minimum Gasteiger partial charge on any atom is -0.365 e. The summed E-state index contributed by atoms with van der Waals surface area (Å²) in [5, 5.41) is 3.75. The molecule has 0 aromatic carbocycles. The van der Waals surface area contributed by atoms with Crippen molar-refractivity contribution in [2.75, 3.05) is 36.0 Å². The highest BCUT2D eigenvalue weighted by Crippen LogP contribution is 2.25. The lowest BCUT2D eigenvalue weighted by Crippen LogP contribution is -2.47. The average Bonchev–Trinajstić information content (AvgIpc) is 2.65. The van der Waals surface area contributed by atoms with Crippen molar-refractivity contribution >= 4 is 23.1 Å². The number of hydrogen-bond donors (Lipinski definition) is 0. The van der Waals surface area contributed by atoms with Gasteiger partial charge in [0, 0.05) is 37.8 Å². The molecule has 0 saturated carbocycles. The van der Waals surface area contributed by atoms with E-state index in [9.17, 15) is 13.6 Å². The zero-order valence-corrected chi connectivity index (χ0v) is 16.8. The van der Waals surface area contributed by atoms with Gasteiger partial charge >= 0.3 is 0 Å². The molecule has 0 N–H and O–H groups in total. The van der Waals surface area contributed by atoms with Crippen LogP contribution in [0.15, 0.2) is 23.3 Å². The highest BCUT2D eigenvalue weighted by atomic mass is 35.5. The molecular formula is C18H23ClF2N6O. The Kier molecular flexibility index (Phi) is 5.83. The molecule has 0 radical (unpaired) electrons. The smallest absolute Gasteiger partial charge is 0.287 e. The van der Waals surface area contributed by atoms with Crippen LogP contribution in [0.5, 0.6) is 0 Å². The Morgan fingerprint density at radius 1 is 1.18 bits per heavy atom. The molecule has 3 heterocycles. The van der Waals surface area contributed by atoms with Crippen LogP contribution in [0.2, 0.25) is 5.02 Å². The molecule has 1 aliphatic rings. The van der Waals surface area contributed by atoms with Crippen LogP contribution in [0.1, 0.15) is 26.6 Å². The lowest BCUT2D eigenvalue weighted by molar-refractivity contribution is 0.119. The number of piperazine rings is 1. The van der Waals surface area contributed by atoms with Crippen LogP contribution >= 0.6 is 11.6 Å². The second-order valence-corrected chi connectivity index (χ2v) is 8.06. The Hall–Kier alpha value is -2.29. The SMILES string of the molecule is CC(C)(C)c1nccc(N2CCN(c3cnn(CC(F)F)c(=O)c3Cl)CC2)n1. The van der Waals surface area contributed by atoms with Crippen LogP contribution in [0, 0.1) is 0 Å². The molecule has 1 saturated heterocycles. The molecule has 28 heavy (non-hydrogen) atoms. The van der Waals surface area contributed by atoms with E-state index < -0.39 is 18.5 Å². The van der Waals surface area contributed by atoms with Crippen LogP contribution in [-0.2, 0) is 12.0 Å². The number of aromatic nitrogens is 4. The van der Waals surface area contributed by atoms with E-state index in [2.05, 4.69) is 40.7 Å². The molecule has 0 unspecified atom stereocenters. The topological polar surface area (TPSA) is 67.2 Å². The van der Waals surface area contributed by atoms with Crippen LogP contribution < -0.4 is 15.4 Å². The van der Waals surface area contributed by atoms with E-state index >= 15 is 0 Å². The fourth-order valence-corrected chi connectivity index (χ4v) is 3.27. The van der Waals surface area contributed by atoms with E-state index in [4.69, 9.17) is 11.6 Å². The maximum atomic E-state index is 12.5. The van der Waals surface area contributed by atoms with Crippen molar-refractivity contribution in [1.29, 1.82) is 0 Å². The van der Waals surface area contributed by atoms with Gasteiger partial charge in [0.25, 0.3) is 12.0 Å². The molecule has 0 amide bonds. The monoisotopic (exact) mass is 412 g/mol. The predicted octanol–water partition coefficient (Wildman–Crippen LogP) is 2.58. The van der Waals surface area contributed by atoms with Gasteiger partial charge in [-0.2, -0.15) is 5.10 Å². The maximum absolute atomic E-state index is 12.5. The first-order valence-corrected chi connectivity index (χ1v) is 9.42. The van der Waals surface area contributed by atoms with E-state index in [-0.39, 0.29) is 10.4 Å². The Balaban J connectivity index is 1.73. The van der Waals surface area contributed by atoms with Crippen molar-refractivity contribution in [3.8, 4) is 0 Å². The van der Waals surface area contributed by atoms with Crippen molar-refractivity contribution in [2.24, 2.45) is 0 Å². The van der Waals surface area contributed by atoms with Gasteiger partial charge in [0.2, 0.25) is 0 Å². The first kappa shape index (κ1) is 20.4. The third kappa shape index (κ3) is 4.40. The summed E-state index contributed by atoms with van der Waals surface area (Å²) >= 11 is 6.15. The van der Waals surface area contributed by atoms with Gasteiger partial charge in [0.15, 0.2) is 0 Å². The number of anilines is 2. The van der Waals surface area contributed by atoms with Crippen LogP contribution in [0.25, 0.3) is 0 Å². The fourth-order valence-electron chi connectivity index (χ4n) is 3.00. The molecule has 0 aliphatic carbocycles. The molecular weight excluding hydrogens is 390 g/mol. The lowest BCUT2D eigenvalue weighted by Gasteiger charge is -2.37. The number of nitrogens with zero attached hydrogens (tertiary/aromatic N) is 6. The van der Waals surface area contributed by atoms with Gasteiger partial charge in [-0.25, -0.2) is 23.4 Å². The largest absolute Gasteiger partial charge is 0.365 e. The standard InChI is InChI=1S/C18H23ClF2N6O/c1-18(2,3)17-22-5-4-14(24-17)26-8-6-25(7-9-26)12-10-23-27(11-13(20)21)16(28)15(12)19/h4-5,10,13H,6-9,11H2,1-3H3. The third-order valence-electron chi connectivity index (χ3n) is 4.53. The minimum absolute atomic E-state index is 0.0823. The average molecular weight is 413 g/mol. The Morgan fingerprint density at radius 2 is 1.82 bits per heavy atom. The molecule has 0 bridgehead atoms. The van der Waals surface area contributed by atoms with Gasteiger partial charge in [-0.15, -0.1) is 0 Å². The molecule has 0 atom stereocenters. The van der Waals surface area contributed by atoms with Crippen LogP contribution in [0.4, 0.5) is 20.3 Å². The lowest BCUT2D eigenvalue weighted by atomic mass is 9.96. The van der Waals surface area contributed by atoms with Gasteiger partial charge in [0.1, 0.15) is 23.2 Å². The second kappa shape index (κ2) is 7.98. The van der Waals surface area contributed by atoms with Gasteiger partial charge in [-0.1, -0.05) is 32.4 Å². The van der Waals surface area contributed by atoms with Crippen LogP contribution in [0.3, 0.4) is 0 Å². The van der Waals surface area contributed by atoms with Crippen molar-refractivity contribution in [1.82, 2.24) is 19.7 Å². The van der Waals surface area contributed by atoms with Crippen molar-refractivity contribution in [2.45, 2.75) is 39.2 Å². The summed E-state index contributed by atoms with van der Waals surface area (Å²) < 4.78 is 25.7. The van der Waals surface area contributed by atoms with E-state index in [1.54, 1.807) is 6.20 Å². The zero-order valence-electron chi connectivity index (χ0n) is 16.1. The number of hydrogen-bond acceptors (Lipinski definition) is 6. The van der Waals surface area contributed by atoms with E-state index in [0.29, 0.717) is 36.5 Å². The number of alkyl halides is 2. The summed E-state index contributed by atoms with van der Waals surface area (Å²) in [6.45, 7) is 7.99. The molecule has 1 fully saturated rings. The first-order valence-electron chi connectivity index (χ1n) is 9.04. The number of halogens is 3. The Labute approximate surface area is 167 Å². The van der Waals surface area contributed by atoms with Crippen molar-refractivity contribution in [3.05, 3.63) is 39.7 Å².